The van der Waals surface area contributed by atoms with Crippen molar-refractivity contribution >= 4 is 116 Å². The van der Waals surface area contributed by atoms with Crippen molar-refractivity contribution in [3.8, 4) is 33.4 Å². The SMILES string of the molecule is C[Si]1(C)c2ccccc2-c2ccc(N(c3ccc(-c4ccccc4)cc3)c3ccc(-c4ccc5c(c4)c4ccc6sc7cccc8c9ccccc9c9ccccc9n5c4c6c78)cc3)cc21. The summed E-state index contributed by atoms with van der Waals surface area (Å²) < 4.78 is 5.20. The lowest BCUT2D eigenvalue weighted by molar-refractivity contribution is 1.29. The Morgan fingerprint density at radius 2 is 0.939 bits per heavy atom. The van der Waals surface area contributed by atoms with E-state index >= 15 is 0 Å². The van der Waals surface area contributed by atoms with Crippen LogP contribution >= 0.6 is 11.3 Å². The summed E-state index contributed by atoms with van der Waals surface area (Å²) in [5, 5.41) is 13.3. The molecule has 1 aliphatic rings. The van der Waals surface area contributed by atoms with Crippen LogP contribution in [0.2, 0.25) is 13.1 Å². The second-order valence-corrected chi connectivity index (χ2v) is 23.9. The monoisotopic (exact) mass is 874 g/mol. The van der Waals surface area contributed by atoms with E-state index in [0.29, 0.717) is 0 Å². The number of nitrogens with zero attached hydrogens (tertiary/aromatic N) is 2. The number of para-hydroxylation sites is 1. The normalized spacial score (nSPS) is 13.1. The van der Waals surface area contributed by atoms with Gasteiger partial charge in [-0.2, -0.15) is 0 Å². The molecule has 0 atom stereocenters. The molecular weight excluding hydrogens is 833 g/mol. The Labute approximate surface area is 387 Å². The summed E-state index contributed by atoms with van der Waals surface area (Å²) in [5.74, 6) is 0. The predicted octanol–water partition coefficient (Wildman–Crippen LogP) is 16.5. The molecule has 0 bridgehead atoms. The first-order chi connectivity index (χ1) is 32.5. The molecule has 0 radical (unpaired) electrons. The van der Waals surface area contributed by atoms with Crippen molar-refractivity contribution < 1.29 is 0 Å². The topological polar surface area (TPSA) is 7.65 Å². The molecule has 0 saturated carbocycles. The maximum Gasteiger partial charge on any atom is 0.113 e. The fraction of sp³-hybridized carbons (Fsp3) is 0.0323. The van der Waals surface area contributed by atoms with E-state index in [1.807, 2.05) is 11.3 Å². The zero-order chi connectivity index (χ0) is 43.7. The van der Waals surface area contributed by atoms with E-state index in [4.69, 9.17) is 0 Å². The van der Waals surface area contributed by atoms with Gasteiger partial charge < -0.3 is 9.30 Å². The second kappa shape index (κ2) is 14.1. The van der Waals surface area contributed by atoms with Crippen LogP contribution in [0.1, 0.15) is 0 Å². The number of anilines is 3. The minimum absolute atomic E-state index is 1.13. The fourth-order valence-electron chi connectivity index (χ4n) is 11.4. The lowest BCUT2D eigenvalue weighted by Crippen LogP contribution is -2.49. The van der Waals surface area contributed by atoms with Crippen LogP contribution in [0.15, 0.2) is 218 Å². The molecule has 4 heteroatoms. The highest BCUT2D eigenvalue weighted by molar-refractivity contribution is 7.26. The minimum atomic E-state index is -1.90. The van der Waals surface area contributed by atoms with Gasteiger partial charge in [0, 0.05) is 53.4 Å². The molecule has 13 aromatic rings. The Morgan fingerprint density at radius 3 is 1.73 bits per heavy atom. The van der Waals surface area contributed by atoms with Crippen LogP contribution in [0, 0.1) is 0 Å². The van der Waals surface area contributed by atoms with Gasteiger partial charge in [0.15, 0.2) is 0 Å². The summed E-state index contributed by atoms with van der Waals surface area (Å²) in [5.41, 5.74) is 14.8. The highest BCUT2D eigenvalue weighted by atomic mass is 32.1. The van der Waals surface area contributed by atoms with Crippen LogP contribution in [-0.2, 0) is 0 Å². The third kappa shape index (κ3) is 5.40. The Hall–Kier alpha value is -7.76. The lowest BCUT2D eigenvalue weighted by atomic mass is 9.99. The highest BCUT2D eigenvalue weighted by Crippen LogP contribution is 2.47. The molecule has 0 unspecified atom stereocenters. The summed E-state index contributed by atoms with van der Waals surface area (Å²) in [6, 6.07) is 81.8. The molecule has 0 aliphatic carbocycles. The maximum atomic E-state index is 2.56. The van der Waals surface area contributed by atoms with Gasteiger partial charge in [-0.05, 0) is 127 Å². The first kappa shape index (κ1) is 37.6. The smallest absolute Gasteiger partial charge is 0.113 e. The molecular formula is C62H42N2SSi. The minimum Gasteiger partial charge on any atom is -0.311 e. The molecule has 0 saturated heterocycles. The van der Waals surface area contributed by atoms with E-state index in [2.05, 4.69) is 241 Å². The number of fused-ring (bicyclic) bond motifs is 11. The van der Waals surface area contributed by atoms with Crippen LogP contribution in [0.25, 0.3) is 102 Å². The van der Waals surface area contributed by atoms with Crippen molar-refractivity contribution in [3.63, 3.8) is 0 Å². The maximum absolute atomic E-state index is 2.56. The van der Waals surface area contributed by atoms with Crippen LogP contribution < -0.4 is 15.3 Å². The number of thiophene rings is 1. The Balaban J connectivity index is 0.944. The van der Waals surface area contributed by atoms with Crippen LogP contribution in [0.5, 0.6) is 0 Å². The number of hydrogen-bond donors (Lipinski definition) is 0. The summed E-state index contributed by atoms with van der Waals surface area (Å²) in [6.07, 6.45) is 0. The molecule has 2 nitrogen and oxygen atoms in total. The van der Waals surface area contributed by atoms with E-state index in [0.717, 1.165) is 11.4 Å². The van der Waals surface area contributed by atoms with Gasteiger partial charge in [-0.25, -0.2) is 0 Å². The summed E-state index contributed by atoms with van der Waals surface area (Å²) in [6.45, 7) is 5.00. The first-order valence-corrected chi connectivity index (χ1v) is 26.7. The third-order valence-corrected chi connectivity index (χ3v) is 19.2. The first-order valence-electron chi connectivity index (χ1n) is 22.9. The largest absolute Gasteiger partial charge is 0.311 e. The van der Waals surface area contributed by atoms with Crippen molar-refractivity contribution in [1.82, 2.24) is 4.40 Å². The van der Waals surface area contributed by atoms with Gasteiger partial charge in [-0.3, -0.25) is 0 Å². The third-order valence-electron chi connectivity index (χ3n) is 14.6. The van der Waals surface area contributed by atoms with Gasteiger partial charge in [0.1, 0.15) is 8.07 Å². The molecule has 14 rings (SSSR count). The average molecular weight is 875 g/mol. The van der Waals surface area contributed by atoms with Crippen molar-refractivity contribution in [2.45, 2.75) is 13.1 Å². The molecule has 10 aromatic carbocycles. The van der Waals surface area contributed by atoms with Gasteiger partial charge in [0.05, 0.1) is 16.6 Å². The van der Waals surface area contributed by atoms with Gasteiger partial charge >= 0.3 is 0 Å². The second-order valence-electron chi connectivity index (χ2n) is 18.4. The fourth-order valence-corrected chi connectivity index (χ4v) is 15.7. The number of hydrogen-bond acceptors (Lipinski definition) is 2. The van der Waals surface area contributed by atoms with E-state index in [9.17, 15) is 0 Å². The molecule has 0 N–H and O–H groups in total. The van der Waals surface area contributed by atoms with E-state index in [1.54, 1.807) is 0 Å². The van der Waals surface area contributed by atoms with Gasteiger partial charge in [-0.15, -0.1) is 11.3 Å². The highest BCUT2D eigenvalue weighted by Gasteiger charge is 2.37. The van der Waals surface area contributed by atoms with Crippen molar-refractivity contribution in [3.05, 3.63) is 218 Å². The van der Waals surface area contributed by atoms with Crippen molar-refractivity contribution in [2.24, 2.45) is 0 Å². The number of benzene rings is 10. The lowest BCUT2D eigenvalue weighted by Gasteiger charge is -2.28. The molecule has 0 spiro atoms. The standard InChI is InChI=1S/C62H42N2SSi/c1-66(2)58-22-11-9-18-49(58)50-33-32-45(38-59(50)66)63(43-28-23-40(24-29-43)39-13-4-3-5-14-39)44-30-25-41(26-31-44)42-27-35-55-53(37-42)52-34-36-57-61-60-51(19-12-21-56(60)65-57)47-16-7-6-15-46(47)48-17-8-10-20-54(48)64(55)62(52)61/h3-38H,1-2H3. The van der Waals surface area contributed by atoms with E-state index < -0.39 is 8.07 Å². The summed E-state index contributed by atoms with van der Waals surface area (Å²) >= 11 is 1.90. The van der Waals surface area contributed by atoms with Gasteiger partial charge in [-0.1, -0.05) is 165 Å². The summed E-state index contributed by atoms with van der Waals surface area (Å²) in [4.78, 5) is 2.44. The number of rotatable bonds is 5. The molecule has 4 heterocycles. The Morgan fingerprint density at radius 1 is 0.364 bits per heavy atom. The predicted molar refractivity (Wildman–Crippen MR) is 288 cm³/mol. The van der Waals surface area contributed by atoms with Crippen molar-refractivity contribution in [2.75, 3.05) is 4.90 Å². The molecule has 0 fully saturated rings. The van der Waals surface area contributed by atoms with Gasteiger partial charge in [0.2, 0.25) is 0 Å². The quantitative estimate of drug-likeness (QED) is 0.156. The number of aromatic nitrogens is 1. The molecule has 310 valence electrons. The van der Waals surface area contributed by atoms with Crippen molar-refractivity contribution in [1.29, 1.82) is 0 Å². The Bertz CT molecular complexity index is 4110. The average Bonchev–Trinajstić information content (AvgIpc) is 4.00. The van der Waals surface area contributed by atoms with Crippen LogP contribution in [-0.4, -0.2) is 12.5 Å². The summed E-state index contributed by atoms with van der Waals surface area (Å²) in [7, 11) is -1.90. The molecule has 1 aliphatic heterocycles. The zero-order valence-electron chi connectivity index (χ0n) is 36.6. The van der Waals surface area contributed by atoms with Gasteiger partial charge in [0.25, 0.3) is 0 Å². The molecule has 3 aromatic heterocycles. The Kier molecular flexibility index (Phi) is 8.04. The zero-order valence-corrected chi connectivity index (χ0v) is 38.4. The van der Waals surface area contributed by atoms with E-state index in [-0.39, 0.29) is 0 Å². The van der Waals surface area contributed by atoms with Crippen LogP contribution in [0.4, 0.5) is 17.1 Å². The molecule has 66 heavy (non-hydrogen) atoms. The van der Waals surface area contributed by atoms with Crippen LogP contribution in [0.3, 0.4) is 0 Å². The molecule has 0 amide bonds. The van der Waals surface area contributed by atoms with E-state index in [1.165, 1.54) is 118 Å².